The van der Waals surface area contributed by atoms with E-state index < -0.39 is 6.61 Å². The number of nitrogens with one attached hydrogen (secondary N) is 2. The number of halogens is 3. The Kier molecular flexibility index (Phi) is 11.6. The summed E-state index contributed by atoms with van der Waals surface area (Å²) in [6.07, 6.45) is 2.41. The maximum absolute atomic E-state index is 12.5. The minimum atomic E-state index is -2.92. The van der Waals surface area contributed by atoms with Crippen molar-refractivity contribution in [2.45, 2.75) is 39.3 Å². The number of hydrogen-bond donors (Lipinski definition) is 2. The Morgan fingerprint density at radius 2 is 2.10 bits per heavy atom. The Hall–Kier alpha value is -1.85. The third-order valence-electron chi connectivity index (χ3n) is 4.28. The molecule has 0 saturated carbocycles. The SMILES string of the molecule is CCNC(=NCc1ccc(OC)c(OC(F)F)c1)NCCCN1CCCC1=O.I. The molecule has 1 heterocycles. The van der Waals surface area contributed by atoms with Gasteiger partial charge in [-0.25, -0.2) is 4.99 Å². The molecule has 1 aliphatic rings. The number of nitrogens with zero attached hydrogens (tertiary/aromatic N) is 2. The molecule has 0 atom stereocenters. The molecule has 1 fully saturated rings. The summed E-state index contributed by atoms with van der Waals surface area (Å²) < 4.78 is 34.6. The molecule has 0 aliphatic carbocycles. The average molecular weight is 526 g/mol. The minimum Gasteiger partial charge on any atom is -0.493 e. The fourth-order valence-electron chi connectivity index (χ4n) is 2.94. The molecule has 7 nitrogen and oxygen atoms in total. The molecular weight excluding hydrogens is 497 g/mol. The van der Waals surface area contributed by atoms with Gasteiger partial charge in [-0.2, -0.15) is 8.78 Å². The molecule has 10 heteroatoms. The van der Waals surface area contributed by atoms with E-state index in [1.807, 2.05) is 11.8 Å². The van der Waals surface area contributed by atoms with Crippen LogP contribution in [0.15, 0.2) is 23.2 Å². The van der Waals surface area contributed by atoms with E-state index in [1.54, 1.807) is 12.1 Å². The van der Waals surface area contributed by atoms with Gasteiger partial charge in [-0.3, -0.25) is 4.79 Å². The summed E-state index contributed by atoms with van der Waals surface area (Å²) >= 11 is 0. The largest absolute Gasteiger partial charge is 0.493 e. The Bertz CT molecular complexity index is 677. The number of guanidine groups is 1. The van der Waals surface area contributed by atoms with Crippen molar-refractivity contribution in [1.29, 1.82) is 0 Å². The second kappa shape index (κ2) is 13.4. The Labute approximate surface area is 187 Å². The van der Waals surface area contributed by atoms with Gasteiger partial charge in [0.1, 0.15) is 0 Å². The second-order valence-corrected chi connectivity index (χ2v) is 6.32. The van der Waals surface area contributed by atoms with Crippen LogP contribution < -0.4 is 20.1 Å². The predicted octanol–water partition coefficient (Wildman–Crippen LogP) is 2.98. The molecule has 0 spiro atoms. The molecule has 2 N–H and O–H groups in total. The Morgan fingerprint density at radius 3 is 2.72 bits per heavy atom. The van der Waals surface area contributed by atoms with E-state index in [2.05, 4.69) is 20.4 Å². The molecule has 1 aliphatic heterocycles. The van der Waals surface area contributed by atoms with Gasteiger partial charge in [0.25, 0.3) is 0 Å². The summed E-state index contributed by atoms with van der Waals surface area (Å²) in [6, 6.07) is 4.83. The molecule has 29 heavy (non-hydrogen) atoms. The summed E-state index contributed by atoms with van der Waals surface area (Å²) in [7, 11) is 1.40. The number of carbonyl (C=O) groups excluding carboxylic acids is 1. The van der Waals surface area contributed by atoms with Gasteiger partial charge in [-0.1, -0.05) is 6.07 Å². The quantitative estimate of drug-likeness (QED) is 0.212. The van der Waals surface area contributed by atoms with Crippen LogP contribution in [0.1, 0.15) is 31.7 Å². The average Bonchev–Trinajstić information content (AvgIpc) is 3.07. The van der Waals surface area contributed by atoms with E-state index in [4.69, 9.17) is 4.74 Å². The van der Waals surface area contributed by atoms with E-state index in [9.17, 15) is 13.6 Å². The highest BCUT2D eigenvalue weighted by Gasteiger charge is 2.19. The van der Waals surface area contributed by atoms with Crippen LogP contribution in [0.3, 0.4) is 0 Å². The van der Waals surface area contributed by atoms with E-state index >= 15 is 0 Å². The number of alkyl halides is 2. The Balaban J connectivity index is 0.00000420. The smallest absolute Gasteiger partial charge is 0.387 e. The number of methoxy groups -OCH3 is 1. The highest BCUT2D eigenvalue weighted by atomic mass is 127. The lowest BCUT2D eigenvalue weighted by Crippen LogP contribution is -2.39. The van der Waals surface area contributed by atoms with Crippen LogP contribution in [0.2, 0.25) is 0 Å². The lowest BCUT2D eigenvalue weighted by Gasteiger charge is -2.16. The number of rotatable bonds is 10. The zero-order chi connectivity index (χ0) is 20.4. The lowest BCUT2D eigenvalue weighted by atomic mass is 10.2. The maximum atomic E-state index is 12.5. The van der Waals surface area contributed by atoms with E-state index in [0.717, 1.165) is 31.5 Å². The van der Waals surface area contributed by atoms with Crippen molar-refractivity contribution in [3.63, 3.8) is 0 Å². The number of ether oxygens (including phenoxy) is 2. The summed E-state index contributed by atoms with van der Waals surface area (Å²) in [4.78, 5) is 18.0. The molecule has 2 rings (SSSR count). The van der Waals surface area contributed by atoms with Crippen molar-refractivity contribution in [3.8, 4) is 11.5 Å². The zero-order valence-electron chi connectivity index (χ0n) is 16.7. The van der Waals surface area contributed by atoms with Crippen molar-refractivity contribution in [3.05, 3.63) is 23.8 Å². The third kappa shape index (κ3) is 8.58. The fourth-order valence-corrected chi connectivity index (χ4v) is 2.94. The van der Waals surface area contributed by atoms with Crippen LogP contribution in [0, 0.1) is 0 Å². The van der Waals surface area contributed by atoms with Crippen molar-refractivity contribution in [2.24, 2.45) is 4.99 Å². The van der Waals surface area contributed by atoms with Crippen LogP contribution in [0.25, 0.3) is 0 Å². The topological polar surface area (TPSA) is 75.2 Å². The second-order valence-electron chi connectivity index (χ2n) is 6.32. The molecule has 1 saturated heterocycles. The highest BCUT2D eigenvalue weighted by molar-refractivity contribution is 14.0. The van der Waals surface area contributed by atoms with Crippen molar-refractivity contribution >= 4 is 35.8 Å². The molecule has 1 aromatic carbocycles. The minimum absolute atomic E-state index is 0. The molecule has 1 amide bonds. The van der Waals surface area contributed by atoms with E-state index in [1.165, 1.54) is 13.2 Å². The van der Waals surface area contributed by atoms with Gasteiger partial charge in [0.15, 0.2) is 17.5 Å². The highest BCUT2D eigenvalue weighted by Crippen LogP contribution is 2.29. The van der Waals surface area contributed by atoms with Gasteiger partial charge in [0, 0.05) is 32.6 Å². The molecule has 1 aromatic rings. The first-order valence-corrected chi connectivity index (χ1v) is 9.45. The van der Waals surface area contributed by atoms with Crippen LogP contribution >= 0.6 is 24.0 Å². The number of amides is 1. The first kappa shape index (κ1) is 25.2. The van der Waals surface area contributed by atoms with Gasteiger partial charge < -0.3 is 25.0 Å². The lowest BCUT2D eigenvalue weighted by molar-refractivity contribution is -0.127. The van der Waals surface area contributed by atoms with Gasteiger partial charge in [-0.05, 0) is 37.5 Å². The van der Waals surface area contributed by atoms with Gasteiger partial charge >= 0.3 is 6.61 Å². The first-order chi connectivity index (χ1) is 13.5. The summed E-state index contributed by atoms with van der Waals surface area (Å²) in [5.41, 5.74) is 0.719. The van der Waals surface area contributed by atoms with Crippen molar-refractivity contribution in [1.82, 2.24) is 15.5 Å². The monoisotopic (exact) mass is 526 g/mol. The summed E-state index contributed by atoms with van der Waals surface area (Å²) in [5, 5.41) is 6.37. The van der Waals surface area contributed by atoms with Crippen molar-refractivity contribution < 1.29 is 23.0 Å². The normalized spacial score (nSPS) is 14.0. The summed E-state index contributed by atoms with van der Waals surface area (Å²) in [5.74, 6) is 1.08. The van der Waals surface area contributed by atoms with Crippen LogP contribution in [0.4, 0.5) is 8.78 Å². The van der Waals surface area contributed by atoms with E-state index in [0.29, 0.717) is 32.0 Å². The zero-order valence-corrected chi connectivity index (χ0v) is 19.1. The number of aliphatic imine (C=N–C) groups is 1. The molecular formula is C19H29F2IN4O3. The van der Waals surface area contributed by atoms with Gasteiger partial charge in [-0.15, -0.1) is 24.0 Å². The van der Waals surface area contributed by atoms with Crippen molar-refractivity contribution in [2.75, 3.05) is 33.3 Å². The number of likely N-dealkylation sites (tertiary alicyclic amines) is 1. The van der Waals surface area contributed by atoms with Gasteiger partial charge in [0.2, 0.25) is 5.91 Å². The molecule has 0 unspecified atom stereocenters. The van der Waals surface area contributed by atoms with Gasteiger partial charge in [0.05, 0.1) is 13.7 Å². The van der Waals surface area contributed by atoms with Crippen LogP contribution in [-0.4, -0.2) is 56.7 Å². The molecule has 0 aromatic heterocycles. The fraction of sp³-hybridized carbons (Fsp3) is 0.579. The number of hydrogen-bond acceptors (Lipinski definition) is 4. The van der Waals surface area contributed by atoms with Crippen LogP contribution in [-0.2, 0) is 11.3 Å². The number of benzene rings is 1. The van der Waals surface area contributed by atoms with E-state index in [-0.39, 0.29) is 41.4 Å². The predicted molar refractivity (Wildman–Crippen MR) is 118 cm³/mol. The summed E-state index contributed by atoms with van der Waals surface area (Å²) in [6.45, 7) is 2.28. The third-order valence-corrected chi connectivity index (χ3v) is 4.28. The van der Waals surface area contributed by atoms with Crippen LogP contribution in [0.5, 0.6) is 11.5 Å². The first-order valence-electron chi connectivity index (χ1n) is 9.45. The standard InChI is InChI=1S/C19H28F2N4O3.HI/c1-3-22-19(23-9-5-11-25-10-4-6-17(25)26)24-13-14-7-8-15(27-2)16(12-14)28-18(20)21;/h7-8,12,18H,3-6,9-11,13H2,1-2H3,(H2,22,23,24);1H. The Morgan fingerprint density at radius 1 is 1.31 bits per heavy atom. The molecule has 164 valence electrons. The molecule has 0 radical (unpaired) electrons. The maximum Gasteiger partial charge on any atom is 0.387 e. The number of carbonyl (C=O) groups is 1. The molecule has 0 bridgehead atoms.